The number of hydrogen-bond donors (Lipinski definition) is 2. The van der Waals surface area contributed by atoms with Crippen molar-refractivity contribution in [2.75, 3.05) is 20.1 Å². The summed E-state index contributed by atoms with van der Waals surface area (Å²) in [6, 6.07) is 15.4. The van der Waals surface area contributed by atoms with Gasteiger partial charge in [0, 0.05) is 31.1 Å². The Balaban J connectivity index is 1.89. The fourth-order valence-electron chi connectivity index (χ4n) is 7.28. The Bertz CT molecular complexity index is 1680. The summed E-state index contributed by atoms with van der Waals surface area (Å²) in [5, 5.41) is 25.3. The second kappa shape index (κ2) is 13.0. The van der Waals surface area contributed by atoms with Gasteiger partial charge in [-0.1, -0.05) is 64.1 Å². The molecule has 0 saturated carbocycles. The molecule has 0 aromatic heterocycles. The van der Waals surface area contributed by atoms with Gasteiger partial charge in [0.25, 0.3) is 0 Å². The molecule has 2 atom stereocenters. The number of rotatable bonds is 10. The molecule has 2 N–H and O–H groups in total. The third kappa shape index (κ3) is 5.32. The number of fused-ring (bicyclic) bond motifs is 1. The van der Waals surface area contributed by atoms with E-state index in [1.54, 1.807) is 17.0 Å². The lowest BCUT2D eigenvalue weighted by Gasteiger charge is -2.36. The van der Waals surface area contributed by atoms with Crippen LogP contribution < -0.4 is 5.32 Å². The van der Waals surface area contributed by atoms with Gasteiger partial charge in [-0.15, -0.1) is 0 Å². The molecule has 3 aromatic carbocycles. The topological polar surface area (TPSA) is 76.4 Å². The molecular weight excluding hydrogens is 549 g/mol. The summed E-state index contributed by atoms with van der Waals surface area (Å²) in [5.74, 6) is -0.0492. The van der Waals surface area contributed by atoms with Crippen LogP contribution in [0, 0.1) is 28.5 Å². The molecule has 0 bridgehead atoms. The highest BCUT2D eigenvalue weighted by Gasteiger charge is 2.53. The Morgan fingerprint density at radius 1 is 1.20 bits per heavy atom. The first kappa shape index (κ1) is 31.5. The quantitative estimate of drug-likeness (QED) is 0.232. The molecule has 2 heterocycles. The first-order valence-electron chi connectivity index (χ1n) is 16.1. The summed E-state index contributed by atoms with van der Waals surface area (Å²) >= 11 is 0. The van der Waals surface area contributed by atoms with Crippen molar-refractivity contribution < 1.29 is 14.3 Å². The molecule has 2 unspecified atom stereocenters. The minimum Gasteiger partial charge on any atom is -0.508 e. The number of phenols is 1. The maximum Gasteiger partial charge on any atom is 0.238 e. The third-order valence-corrected chi connectivity index (χ3v) is 9.73. The van der Waals surface area contributed by atoms with Crippen molar-refractivity contribution in [3.8, 4) is 22.9 Å². The van der Waals surface area contributed by atoms with Gasteiger partial charge >= 0.3 is 0 Å². The maximum absolute atomic E-state index is 17.5. The number of halogens is 1. The predicted molar refractivity (Wildman–Crippen MR) is 176 cm³/mol. The molecule has 6 heteroatoms. The summed E-state index contributed by atoms with van der Waals surface area (Å²) in [6.07, 6.45) is 5.05. The molecular formula is C38H44FN3O2. The van der Waals surface area contributed by atoms with Crippen LogP contribution in [0.5, 0.6) is 5.75 Å². The molecule has 2 aliphatic heterocycles. The van der Waals surface area contributed by atoms with Gasteiger partial charge in [-0.05, 0) is 102 Å². The molecule has 1 fully saturated rings. The predicted octanol–water partition coefficient (Wildman–Crippen LogP) is 8.31. The number of allylic oxidation sites excluding steroid dienone is 1. The van der Waals surface area contributed by atoms with Gasteiger partial charge in [0.15, 0.2) is 0 Å². The number of phenolic OH excluding ortho intramolecular Hbond substituents is 1. The zero-order valence-corrected chi connectivity index (χ0v) is 26.5. The highest BCUT2D eigenvalue weighted by atomic mass is 19.1. The minimum atomic E-state index is -0.809. The number of amides is 1. The Hall–Kier alpha value is -3.95. The van der Waals surface area contributed by atoms with Crippen molar-refractivity contribution in [1.82, 2.24) is 10.2 Å². The van der Waals surface area contributed by atoms with Gasteiger partial charge in [0.05, 0.1) is 17.2 Å². The van der Waals surface area contributed by atoms with Crippen molar-refractivity contribution in [3.63, 3.8) is 0 Å². The van der Waals surface area contributed by atoms with Crippen LogP contribution in [0.15, 0.2) is 60.3 Å². The van der Waals surface area contributed by atoms with E-state index in [2.05, 4.69) is 37.9 Å². The third-order valence-electron chi connectivity index (χ3n) is 9.73. The molecule has 5 rings (SSSR count). The molecule has 230 valence electrons. The molecule has 5 nitrogen and oxygen atoms in total. The van der Waals surface area contributed by atoms with Gasteiger partial charge < -0.3 is 15.3 Å². The van der Waals surface area contributed by atoms with Gasteiger partial charge in [0.1, 0.15) is 11.6 Å². The van der Waals surface area contributed by atoms with E-state index in [1.807, 2.05) is 38.2 Å². The van der Waals surface area contributed by atoms with Crippen LogP contribution in [-0.2, 0) is 17.6 Å². The number of carbonyl (C=O) groups is 1. The number of likely N-dealkylation sites (N-methyl/N-ethyl adjacent to an activating group) is 1. The fraction of sp³-hybridized carbons (Fsp3) is 0.421. The average molecular weight is 594 g/mol. The number of nitrogens with zero attached hydrogens (tertiary/aromatic N) is 2. The van der Waals surface area contributed by atoms with E-state index in [4.69, 9.17) is 0 Å². The molecule has 1 saturated heterocycles. The second-order valence-electron chi connectivity index (χ2n) is 12.5. The number of unbranched alkanes of at least 4 members (excludes halogenated alkanes) is 1. The fourth-order valence-corrected chi connectivity index (χ4v) is 7.28. The van der Waals surface area contributed by atoms with E-state index in [9.17, 15) is 15.2 Å². The first-order valence-corrected chi connectivity index (χ1v) is 16.1. The van der Waals surface area contributed by atoms with Crippen molar-refractivity contribution in [2.45, 2.75) is 72.1 Å². The Kier molecular flexibility index (Phi) is 9.27. The number of aryl methyl sites for hydroxylation is 1. The van der Waals surface area contributed by atoms with Crippen LogP contribution in [0.2, 0.25) is 0 Å². The van der Waals surface area contributed by atoms with E-state index < -0.39 is 5.41 Å². The summed E-state index contributed by atoms with van der Waals surface area (Å²) in [7, 11) is 1.84. The number of aromatic hydroxyl groups is 1. The van der Waals surface area contributed by atoms with Crippen LogP contribution in [0.25, 0.3) is 27.5 Å². The molecule has 1 amide bonds. The zero-order valence-electron chi connectivity index (χ0n) is 26.5. The largest absolute Gasteiger partial charge is 0.508 e. The Morgan fingerprint density at radius 2 is 1.98 bits per heavy atom. The lowest BCUT2D eigenvalue weighted by Crippen LogP contribution is -2.47. The van der Waals surface area contributed by atoms with E-state index in [0.717, 1.165) is 64.5 Å². The molecule has 3 aromatic rings. The monoisotopic (exact) mass is 593 g/mol. The number of nitriles is 1. The van der Waals surface area contributed by atoms with E-state index in [-0.39, 0.29) is 23.4 Å². The summed E-state index contributed by atoms with van der Waals surface area (Å²) in [5.41, 5.74) is 5.07. The Labute approximate surface area is 261 Å². The standard InChI is InChI=1S/C38H44FN3O2/c1-6-13-30-32(34-36(25(4)24(3)7-2)42(5)37(44)38(34)17-12-19-41-23-38)21-27(15-10-11-18-40)33(35(30)39)31-22-28(43)20-26-14-8-9-16-29(26)31/h8-9,14,16,20-22,24,41,43H,4,6-7,10-13,15,17,19,23H2,1-3,5H3. The lowest BCUT2D eigenvalue weighted by molar-refractivity contribution is -0.134. The second-order valence-corrected chi connectivity index (χ2v) is 12.5. The molecule has 2 aliphatic rings. The molecule has 0 aliphatic carbocycles. The maximum atomic E-state index is 17.5. The average Bonchev–Trinajstić information content (AvgIpc) is 3.23. The van der Waals surface area contributed by atoms with Crippen LogP contribution in [-0.4, -0.2) is 36.1 Å². The van der Waals surface area contributed by atoms with E-state index >= 15 is 4.39 Å². The zero-order chi connectivity index (χ0) is 31.6. The van der Waals surface area contributed by atoms with Gasteiger partial charge in [-0.25, -0.2) is 4.39 Å². The first-order chi connectivity index (χ1) is 21.2. The highest BCUT2D eigenvalue weighted by molar-refractivity contribution is 6.06. The van der Waals surface area contributed by atoms with Gasteiger partial charge in [-0.2, -0.15) is 5.26 Å². The van der Waals surface area contributed by atoms with Crippen molar-refractivity contribution >= 4 is 22.3 Å². The summed E-state index contributed by atoms with van der Waals surface area (Å²) in [6.45, 7) is 12.1. The van der Waals surface area contributed by atoms with Gasteiger partial charge in [0.2, 0.25) is 5.91 Å². The van der Waals surface area contributed by atoms with Crippen LogP contribution in [0.1, 0.15) is 76.0 Å². The SMILES string of the molecule is C=C(C1=C(c2cc(CCCC#N)c(-c3cc(O)cc4ccccc34)c(F)c2CCC)C2(CCCNC2)C(=O)N1C)C(C)CC. The summed E-state index contributed by atoms with van der Waals surface area (Å²) in [4.78, 5) is 16.0. The number of carbonyl (C=O) groups excluding carboxylic acids is 1. The minimum absolute atomic E-state index is 0.0380. The Morgan fingerprint density at radius 3 is 2.66 bits per heavy atom. The smallest absolute Gasteiger partial charge is 0.238 e. The molecule has 1 spiro atoms. The number of piperidine rings is 1. The number of hydrogen-bond acceptors (Lipinski definition) is 4. The number of nitrogens with one attached hydrogen (secondary N) is 1. The summed E-state index contributed by atoms with van der Waals surface area (Å²) < 4.78 is 17.5. The van der Waals surface area contributed by atoms with Gasteiger partial charge in [-0.3, -0.25) is 4.79 Å². The van der Waals surface area contributed by atoms with Crippen molar-refractivity contribution in [2.24, 2.45) is 11.3 Å². The van der Waals surface area contributed by atoms with Crippen LogP contribution in [0.4, 0.5) is 4.39 Å². The van der Waals surface area contributed by atoms with Crippen molar-refractivity contribution in [3.05, 3.63) is 82.8 Å². The van der Waals surface area contributed by atoms with E-state index in [0.29, 0.717) is 55.3 Å². The van der Waals surface area contributed by atoms with Crippen LogP contribution >= 0.6 is 0 Å². The molecule has 0 radical (unpaired) electrons. The van der Waals surface area contributed by atoms with Crippen molar-refractivity contribution in [1.29, 1.82) is 5.26 Å². The lowest BCUT2D eigenvalue weighted by atomic mass is 9.70. The normalized spacial score (nSPS) is 19.2. The van der Waals surface area contributed by atoms with Crippen LogP contribution in [0.3, 0.4) is 0 Å². The van der Waals surface area contributed by atoms with E-state index in [1.165, 1.54) is 0 Å². The highest BCUT2D eigenvalue weighted by Crippen LogP contribution is 2.54. The number of benzene rings is 3. The molecule has 44 heavy (non-hydrogen) atoms.